The number of carboxylic acid groups (broad SMARTS) is 1. The second-order valence-electron chi connectivity index (χ2n) is 3.75. The Morgan fingerprint density at radius 3 is 2.55 bits per heavy atom. The normalized spacial score (nSPS) is 10.6. The fraction of sp³-hybridized carbons (Fsp3) is 0.100. The molecule has 0 amide bonds. The Bertz CT molecular complexity index is 728. The molecule has 0 aliphatic heterocycles. The van der Waals surface area contributed by atoms with E-state index in [1.165, 1.54) is 6.92 Å². The molecule has 8 nitrogen and oxygen atoms in total. The molecule has 2 rings (SSSR count). The predicted molar refractivity (Wildman–Crippen MR) is 59.6 cm³/mol. The summed E-state index contributed by atoms with van der Waals surface area (Å²) in [6.07, 6.45) is 0. The monoisotopic (exact) mass is 284 g/mol. The van der Waals surface area contributed by atoms with Gasteiger partial charge in [-0.25, -0.2) is 13.9 Å². The van der Waals surface area contributed by atoms with Crippen LogP contribution < -0.4 is 0 Å². The number of benzene rings is 1. The molecular formula is C10H6F2N4O4. The van der Waals surface area contributed by atoms with Crippen LogP contribution in [0.3, 0.4) is 0 Å². The Kier molecular flexibility index (Phi) is 3.14. The summed E-state index contributed by atoms with van der Waals surface area (Å²) in [4.78, 5) is 20.4. The molecule has 0 fully saturated rings. The zero-order valence-electron chi connectivity index (χ0n) is 9.87. The van der Waals surface area contributed by atoms with Crippen molar-refractivity contribution in [2.75, 3.05) is 0 Å². The van der Waals surface area contributed by atoms with E-state index in [1.807, 2.05) is 0 Å². The van der Waals surface area contributed by atoms with Crippen molar-refractivity contribution in [2.45, 2.75) is 6.92 Å². The first-order valence-electron chi connectivity index (χ1n) is 5.12. The van der Waals surface area contributed by atoms with E-state index < -0.39 is 39.6 Å². The Balaban J connectivity index is 2.67. The van der Waals surface area contributed by atoms with Crippen molar-refractivity contribution in [1.29, 1.82) is 0 Å². The number of aromatic nitrogens is 3. The molecule has 1 aromatic heterocycles. The fourth-order valence-corrected chi connectivity index (χ4v) is 1.58. The van der Waals surface area contributed by atoms with Crippen molar-refractivity contribution in [2.24, 2.45) is 0 Å². The lowest BCUT2D eigenvalue weighted by Crippen LogP contribution is -2.06. The molecule has 0 saturated carbocycles. The molecule has 0 radical (unpaired) electrons. The number of aromatic carboxylic acids is 1. The standard InChI is InChI=1S/C10H6F2N4O4/c1-4-9(10(17)18)13-14-15(4)7-3-8(16(19)20)6(12)2-5(7)11/h2-3H,1H3,(H,17,18). The molecule has 0 spiro atoms. The molecule has 1 heterocycles. The zero-order valence-corrected chi connectivity index (χ0v) is 9.87. The van der Waals surface area contributed by atoms with Crippen molar-refractivity contribution in [3.05, 3.63) is 45.3 Å². The van der Waals surface area contributed by atoms with Crippen molar-refractivity contribution < 1.29 is 23.6 Å². The quantitative estimate of drug-likeness (QED) is 0.674. The van der Waals surface area contributed by atoms with Crippen molar-refractivity contribution in [3.8, 4) is 5.69 Å². The zero-order chi connectivity index (χ0) is 15.0. The summed E-state index contributed by atoms with van der Waals surface area (Å²) >= 11 is 0. The lowest BCUT2D eigenvalue weighted by Gasteiger charge is -2.05. The van der Waals surface area contributed by atoms with Gasteiger partial charge >= 0.3 is 11.7 Å². The maximum absolute atomic E-state index is 13.7. The van der Waals surface area contributed by atoms with Crippen LogP contribution in [0.4, 0.5) is 14.5 Å². The minimum atomic E-state index is -1.38. The molecule has 0 unspecified atom stereocenters. The lowest BCUT2D eigenvalue weighted by molar-refractivity contribution is -0.387. The first-order valence-corrected chi connectivity index (χ1v) is 5.12. The molecule has 0 aliphatic rings. The Labute approximate surface area is 109 Å². The second-order valence-corrected chi connectivity index (χ2v) is 3.75. The highest BCUT2D eigenvalue weighted by atomic mass is 19.1. The first kappa shape index (κ1) is 13.5. The topological polar surface area (TPSA) is 111 Å². The van der Waals surface area contributed by atoms with Gasteiger partial charge in [-0.2, -0.15) is 4.39 Å². The minimum absolute atomic E-state index is 0.0442. The van der Waals surface area contributed by atoms with Crippen molar-refractivity contribution >= 4 is 11.7 Å². The van der Waals surface area contributed by atoms with Gasteiger partial charge in [0.05, 0.1) is 10.6 Å². The Morgan fingerprint density at radius 2 is 2.05 bits per heavy atom. The maximum atomic E-state index is 13.7. The van der Waals surface area contributed by atoms with Gasteiger partial charge < -0.3 is 5.11 Å². The number of carbonyl (C=O) groups is 1. The van der Waals surface area contributed by atoms with Crippen LogP contribution in [0, 0.1) is 28.7 Å². The Morgan fingerprint density at radius 1 is 1.40 bits per heavy atom. The third-order valence-electron chi connectivity index (χ3n) is 2.54. The van der Waals surface area contributed by atoms with Crippen LogP contribution in [0.2, 0.25) is 0 Å². The molecule has 0 aliphatic carbocycles. The minimum Gasteiger partial charge on any atom is -0.476 e. The second kappa shape index (κ2) is 4.64. The van der Waals surface area contributed by atoms with Crippen LogP contribution in [-0.4, -0.2) is 31.0 Å². The van der Waals surface area contributed by atoms with E-state index in [0.29, 0.717) is 12.1 Å². The van der Waals surface area contributed by atoms with Gasteiger partial charge in [-0.3, -0.25) is 10.1 Å². The largest absolute Gasteiger partial charge is 0.476 e. The van der Waals surface area contributed by atoms with E-state index in [0.717, 1.165) is 4.68 Å². The average molecular weight is 284 g/mol. The van der Waals surface area contributed by atoms with Gasteiger partial charge in [-0.1, -0.05) is 5.21 Å². The van der Waals surface area contributed by atoms with Crippen LogP contribution in [-0.2, 0) is 0 Å². The number of hydrogen-bond acceptors (Lipinski definition) is 5. The fourth-order valence-electron chi connectivity index (χ4n) is 1.58. The molecule has 2 aromatic rings. The SMILES string of the molecule is Cc1c(C(=O)O)nnn1-c1cc([N+](=O)[O-])c(F)cc1F. The van der Waals surface area contributed by atoms with E-state index in [-0.39, 0.29) is 5.69 Å². The summed E-state index contributed by atoms with van der Waals surface area (Å²) in [5.41, 5.74) is -1.89. The summed E-state index contributed by atoms with van der Waals surface area (Å²) in [7, 11) is 0. The lowest BCUT2D eigenvalue weighted by atomic mass is 10.2. The van der Waals surface area contributed by atoms with E-state index in [9.17, 15) is 23.7 Å². The molecule has 1 N–H and O–H groups in total. The number of nitro benzene ring substituents is 1. The smallest absolute Gasteiger partial charge is 0.358 e. The van der Waals surface area contributed by atoms with Gasteiger partial charge in [-0.15, -0.1) is 5.10 Å². The number of nitro groups is 1. The molecule has 0 saturated heterocycles. The van der Waals surface area contributed by atoms with Gasteiger partial charge in [0.25, 0.3) is 0 Å². The number of rotatable bonds is 3. The summed E-state index contributed by atoms with van der Waals surface area (Å²) in [6, 6.07) is 0.951. The highest BCUT2D eigenvalue weighted by Gasteiger charge is 2.23. The molecular weight excluding hydrogens is 278 g/mol. The van der Waals surface area contributed by atoms with Crippen molar-refractivity contribution in [1.82, 2.24) is 15.0 Å². The van der Waals surface area contributed by atoms with Gasteiger partial charge in [-0.05, 0) is 6.92 Å². The maximum Gasteiger partial charge on any atom is 0.358 e. The summed E-state index contributed by atoms with van der Waals surface area (Å²) in [5, 5.41) is 26.1. The molecule has 0 atom stereocenters. The van der Waals surface area contributed by atoms with Crippen LogP contribution in [0.5, 0.6) is 0 Å². The first-order chi connectivity index (χ1) is 9.32. The highest BCUT2D eigenvalue weighted by molar-refractivity contribution is 5.86. The third kappa shape index (κ3) is 2.06. The Hall–Kier alpha value is -2.91. The van der Waals surface area contributed by atoms with Gasteiger partial charge in [0, 0.05) is 12.1 Å². The van der Waals surface area contributed by atoms with Crippen LogP contribution in [0.15, 0.2) is 12.1 Å². The summed E-state index contributed by atoms with van der Waals surface area (Å²) in [6.45, 7) is 1.29. The molecule has 20 heavy (non-hydrogen) atoms. The van der Waals surface area contributed by atoms with E-state index >= 15 is 0 Å². The predicted octanol–water partition coefficient (Wildman–Crippen LogP) is 1.46. The molecule has 0 bridgehead atoms. The molecule has 1 aromatic carbocycles. The molecule has 104 valence electrons. The van der Waals surface area contributed by atoms with Crippen molar-refractivity contribution in [3.63, 3.8) is 0 Å². The van der Waals surface area contributed by atoms with Gasteiger partial charge in [0.1, 0.15) is 5.69 Å². The number of nitrogens with zero attached hydrogens (tertiary/aromatic N) is 4. The highest BCUT2D eigenvalue weighted by Crippen LogP contribution is 2.25. The third-order valence-corrected chi connectivity index (χ3v) is 2.54. The van der Waals surface area contributed by atoms with E-state index in [4.69, 9.17) is 5.11 Å². The number of halogens is 2. The van der Waals surface area contributed by atoms with E-state index in [1.54, 1.807) is 0 Å². The van der Waals surface area contributed by atoms with E-state index in [2.05, 4.69) is 10.3 Å². The van der Waals surface area contributed by atoms with Crippen LogP contribution >= 0.6 is 0 Å². The molecule has 10 heteroatoms. The van der Waals surface area contributed by atoms with Crippen LogP contribution in [0.25, 0.3) is 5.69 Å². The number of hydrogen-bond donors (Lipinski definition) is 1. The number of carboxylic acids is 1. The summed E-state index contributed by atoms with van der Waals surface area (Å²) in [5.74, 6) is -3.85. The average Bonchev–Trinajstić information content (AvgIpc) is 2.71. The summed E-state index contributed by atoms with van der Waals surface area (Å²) < 4.78 is 27.6. The van der Waals surface area contributed by atoms with Gasteiger partial charge in [0.2, 0.25) is 5.82 Å². The van der Waals surface area contributed by atoms with Crippen LogP contribution in [0.1, 0.15) is 16.2 Å². The van der Waals surface area contributed by atoms with Gasteiger partial charge in [0.15, 0.2) is 11.5 Å².